The second kappa shape index (κ2) is 6.27. The van der Waals surface area contributed by atoms with Gasteiger partial charge in [0, 0.05) is 0 Å². The molecule has 0 heterocycles. The maximum atomic E-state index is 5.61. The van der Waals surface area contributed by atoms with Crippen LogP contribution < -0.4 is 0 Å². The van der Waals surface area contributed by atoms with Gasteiger partial charge in [-0.1, -0.05) is 0 Å². The molecule has 0 amide bonds. The average molecular weight is 189 g/mol. The largest absolute Gasteiger partial charge is 0.237 e. The van der Waals surface area contributed by atoms with Gasteiger partial charge in [0.1, 0.15) is 0 Å². The maximum Gasteiger partial charge on any atom is 0.237 e. The van der Waals surface area contributed by atoms with E-state index in [1.165, 1.54) is 12.2 Å². The molecule has 0 saturated carbocycles. The summed E-state index contributed by atoms with van der Waals surface area (Å²) in [6.07, 6.45) is 3.28. The second-order valence-electron chi connectivity index (χ2n) is 1.53. The summed E-state index contributed by atoms with van der Waals surface area (Å²) in [7, 11) is -1.27. The van der Waals surface area contributed by atoms with Crippen molar-refractivity contribution in [3.05, 3.63) is 0 Å². The Hall–Kier alpha value is 1.15. The molecule has 0 aromatic carbocycles. The highest BCUT2D eigenvalue weighted by Gasteiger charge is 1.98. The highest BCUT2D eigenvalue weighted by molar-refractivity contribution is 7.98. The van der Waals surface area contributed by atoms with E-state index in [0.717, 1.165) is 6.04 Å². The summed E-state index contributed by atoms with van der Waals surface area (Å²) in [5.74, 6) is 1.20. The van der Waals surface area contributed by atoms with Gasteiger partial charge in [0.15, 0.2) is 0 Å². The van der Waals surface area contributed by atoms with Gasteiger partial charge >= 0.3 is 0 Å². The van der Waals surface area contributed by atoms with Crippen LogP contribution in [-0.4, -0.2) is 19.4 Å². The molecule has 0 spiro atoms. The van der Waals surface area contributed by atoms with Crippen molar-refractivity contribution < 1.29 is 0 Å². The van der Waals surface area contributed by atoms with Crippen LogP contribution in [0.4, 0.5) is 0 Å². The molecule has 0 aliphatic carbocycles. The lowest BCUT2D eigenvalue weighted by molar-refractivity contribution is 1.10. The lowest BCUT2D eigenvalue weighted by Crippen LogP contribution is -1.91. The summed E-state index contributed by atoms with van der Waals surface area (Å²) in [5.41, 5.74) is 0. The SMILES string of the molecule is CSCCC[SiH](Cl)Cl. The topological polar surface area (TPSA) is 0 Å². The van der Waals surface area contributed by atoms with Crippen LogP contribution >= 0.6 is 33.9 Å². The minimum atomic E-state index is -1.27. The molecule has 0 nitrogen and oxygen atoms in total. The van der Waals surface area contributed by atoms with E-state index in [1.54, 1.807) is 0 Å². The maximum absolute atomic E-state index is 5.61. The van der Waals surface area contributed by atoms with E-state index < -0.39 is 7.42 Å². The van der Waals surface area contributed by atoms with Crippen molar-refractivity contribution in [1.82, 2.24) is 0 Å². The normalized spacial score (nSPS) is 10.5. The van der Waals surface area contributed by atoms with E-state index in [0.29, 0.717) is 0 Å². The molecule has 0 bridgehead atoms. The summed E-state index contributed by atoms with van der Waals surface area (Å²) >= 11 is 13.1. The fraction of sp³-hybridized carbons (Fsp3) is 1.00. The van der Waals surface area contributed by atoms with Crippen molar-refractivity contribution in [3.8, 4) is 0 Å². The van der Waals surface area contributed by atoms with Crippen LogP contribution in [0.3, 0.4) is 0 Å². The van der Waals surface area contributed by atoms with Gasteiger partial charge in [-0.05, 0) is 24.5 Å². The third-order valence-corrected chi connectivity index (χ3v) is 3.62. The van der Waals surface area contributed by atoms with E-state index in [9.17, 15) is 0 Å². The summed E-state index contributed by atoms with van der Waals surface area (Å²) in [6.45, 7) is 0. The summed E-state index contributed by atoms with van der Waals surface area (Å²) < 4.78 is 0. The Bertz CT molecular complexity index is 51.3. The number of rotatable bonds is 4. The van der Waals surface area contributed by atoms with Crippen LogP contribution in [-0.2, 0) is 0 Å². The Morgan fingerprint density at radius 2 is 2.12 bits per heavy atom. The van der Waals surface area contributed by atoms with Crippen LogP contribution in [0.15, 0.2) is 0 Å². The molecule has 0 unspecified atom stereocenters. The highest BCUT2D eigenvalue weighted by Crippen LogP contribution is 2.08. The summed E-state index contributed by atoms with van der Waals surface area (Å²) in [4.78, 5) is 0. The first kappa shape index (κ1) is 9.15. The third kappa shape index (κ3) is 7.15. The first-order valence-corrected chi connectivity index (χ1v) is 8.24. The number of halogens is 2. The van der Waals surface area contributed by atoms with Gasteiger partial charge in [0.25, 0.3) is 0 Å². The van der Waals surface area contributed by atoms with Gasteiger partial charge in [-0.25, -0.2) is 0 Å². The van der Waals surface area contributed by atoms with Crippen molar-refractivity contribution in [2.45, 2.75) is 12.5 Å². The molecule has 0 saturated heterocycles. The Labute approximate surface area is 66.0 Å². The summed E-state index contributed by atoms with van der Waals surface area (Å²) in [6, 6.07) is 1.06. The monoisotopic (exact) mass is 188 g/mol. The van der Waals surface area contributed by atoms with Crippen LogP contribution in [0, 0.1) is 0 Å². The molecule has 0 radical (unpaired) electrons. The van der Waals surface area contributed by atoms with Crippen LogP contribution in [0.1, 0.15) is 6.42 Å². The fourth-order valence-electron chi connectivity index (χ4n) is 0.382. The first-order valence-electron chi connectivity index (χ1n) is 2.54. The van der Waals surface area contributed by atoms with Crippen LogP contribution in [0.5, 0.6) is 0 Å². The van der Waals surface area contributed by atoms with E-state index >= 15 is 0 Å². The van der Waals surface area contributed by atoms with Crippen LogP contribution in [0.25, 0.3) is 0 Å². The smallest absolute Gasteiger partial charge is 0.165 e. The average Bonchev–Trinajstić information content (AvgIpc) is 1.66. The fourth-order valence-corrected chi connectivity index (χ4v) is 2.57. The predicted octanol–water partition coefficient (Wildman–Crippen LogP) is 2.44. The molecule has 0 atom stereocenters. The molecule has 4 heteroatoms. The van der Waals surface area contributed by atoms with E-state index in [2.05, 4.69) is 6.26 Å². The van der Waals surface area contributed by atoms with E-state index in [1.807, 2.05) is 11.8 Å². The van der Waals surface area contributed by atoms with Crippen molar-refractivity contribution in [2.24, 2.45) is 0 Å². The van der Waals surface area contributed by atoms with E-state index in [4.69, 9.17) is 22.2 Å². The van der Waals surface area contributed by atoms with Crippen molar-refractivity contribution >= 4 is 41.3 Å². The molecular weight excluding hydrogens is 179 g/mol. The zero-order chi connectivity index (χ0) is 6.41. The number of hydrogen-bond donors (Lipinski definition) is 0. The molecule has 0 aromatic rings. The Morgan fingerprint density at radius 3 is 2.50 bits per heavy atom. The van der Waals surface area contributed by atoms with Gasteiger partial charge in [-0.3, -0.25) is 0 Å². The molecule has 0 rings (SSSR count). The zero-order valence-corrected chi connectivity index (χ0v) is 8.35. The highest BCUT2D eigenvalue weighted by atomic mass is 35.7. The van der Waals surface area contributed by atoms with Gasteiger partial charge in [-0.15, -0.1) is 0 Å². The second-order valence-corrected chi connectivity index (χ2v) is 7.70. The lowest BCUT2D eigenvalue weighted by Gasteiger charge is -1.94. The van der Waals surface area contributed by atoms with Crippen molar-refractivity contribution in [3.63, 3.8) is 0 Å². The zero-order valence-electron chi connectivity index (χ0n) is 4.86. The minimum Gasteiger partial charge on any atom is -0.165 e. The molecular formula is C4H10Cl2SSi. The van der Waals surface area contributed by atoms with Crippen LogP contribution in [0.2, 0.25) is 6.04 Å². The molecule has 0 N–H and O–H groups in total. The molecule has 0 fully saturated rings. The Kier molecular flexibility index (Phi) is 7.17. The quantitative estimate of drug-likeness (QED) is 0.372. The lowest BCUT2D eigenvalue weighted by atomic mass is 10.6. The number of hydrogen-bond acceptors (Lipinski definition) is 1. The van der Waals surface area contributed by atoms with Gasteiger partial charge in [0.2, 0.25) is 7.42 Å². The van der Waals surface area contributed by atoms with Crippen molar-refractivity contribution in [2.75, 3.05) is 12.0 Å². The molecule has 50 valence electrons. The molecule has 0 aliphatic heterocycles. The number of thioether (sulfide) groups is 1. The standard InChI is InChI=1S/C4H10Cl2SSi/c1-7-3-2-4-8(5)6/h8H,2-4H2,1H3. The Morgan fingerprint density at radius 1 is 1.50 bits per heavy atom. The molecule has 8 heavy (non-hydrogen) atoms. The minimum absolute atomic E-state index is 1.06. The first-order chi connectivity index (χ1) is 3.77. The van der Waals surface area contributed by atoms with E-state index in [-0.39, 0.29) is 0 Å². The third-order valence-electron chi connectivity index (χ3n) is 0.771. The molecule has 0 aliphatic rings. The predicted molar refractivity (Wildman–Crippen MR) is 46.7 cm³/mol. The van der Waals surface area contributed by atoms with Gasteiger partial charge < -0.3 is 0 Å². The van der Waals surface area contributed by atoms with Gasteiger partial charge in [0.05, 0.1) is 0 Å². The summed E-state index contributed by atoms with van der Waals surface area (Å²) in [5, 5.41) is 0. The Balaban J connectivity index is 2.72. The van der Waals surface area contributed by atoms with Gasteiger partial charge in [-0.2, -0.15) is 33.9 Å². The molecule has 0 aromatic heterocycles. The van der Waals surface area contributed by atoms with Crippen molar-refractivity contribution in [1.29, 1.82) is 0 Å².